The Balaban J connectivity index is 2.01. The molecule has 0 amide bonds. The lowest BCUT2D eigenvalue weighted by Gasteiger charge is -2.28. The summed E-state index contributed by atoms with van der Waals surface area (Å²) in [5.41, 5.74) is 0.421. The smallest absolute Gasteiger partial charge is 0.450 e. The fourth-order valence-electron chi connectivity index (χ4n) is 2.76. The molecule has 0 radical (unpaired) electrons. The monoisotopic (exact) mass is 324 g/mol. The van der Waals surface area contributed by atoms with Crippen LogP contribution in [0.1, 0.15) is 42.5 Å². The van der Waals surface area contributed by atoms with E-state index < -0.39 is 18.2 Å². The summed E-state index contributed by atoms with van der Waals surface area (Å²) < 4.78 is 4.79. The zero-order valence-corrected chi connectivity index (χ0v) is 12.7. The number of ketones is 2. The highest BCUT2D eigenvalue weighted by molar-refractivity contribution is 6.30. The quantitative estimate of drug-likeness (QED) is 0.507. The molecule has 0 saturated heterocycles. The second kappa shape index (κ2) is 7.40. The minimum absolute atomic E-state index is 0.244. The number of ether oxygens (including phenoxy) is 1. The molecule has 1 N–H and O–H groups in total. The molecule has 22 heavy (non-hydrogen) atoms. The summed E-state index contributed by atoms with van der Waals surface area (Å²) in [7, 11) is 0. The van der Waals surface area contributed by atoms with E-state index in [-0.39, 0.29) is 18.0 Å². The maximum Gasteiger partial charge on any atom is 0.506 e. The van der Waals surface area contributed by atoms with Gasteiger partial charge < -0.3 is 9.84 Å². The van der Waals surface area contributed by atoms with E-state index in [2.05, 4.69) is 0 Å². The summed E-state index contributed by atoms with van der Waals surface area (Å²) in [6.07, 6.45) is 0.483. The topological polar surface area (TPSA) is 80.7 Å². The molecule has 118 valence electrons. The molecule has 5 nitrogen and oxygen atoms in total. The number of benzene rings is 1. The van der Waals surface area contributed by atoms with Gasteiger partial charge in [-0.2, -0.15) is 0 Å². The highest BCUT2D eigenvalue weighted by Gasteiger charge is 2.34. The maximum atomic E-state index is 12.3. The van der Waals surface area contributed by atoms with Crippen LogP contribution in [-0.2, 0) is 9.53 Å². The average Bonchev–Trinajstić information content (AvgIpc) is 2.47. The van der Waals surface area contributed by atoms with Crippen LogP contribution < -0.4 is 0 Å². The van der Waals surface area contributed by atoms with Gasteiger partial charge in [0.05, 0.1) is 12.3 Å². The van der Waals surface area contributed by atoms with Gasteiger partial charge in [-0.1, -0.05) is 18.0 Å². The first-order valence-corrected chi connectivity index (χ1v) is 7.56. The summed E-state index contributed by atoms with van der Waals surface area (Å²) in [6.45, 7) is 0. The van der Waals surface area contributed by atoms with Gasteiger partial charge in [-0.05, 0) is 43.5 Å². The third-order valence-corrected chi connectivity index (χ3v) is 4.12. The van der Waals surface area contributed by atoms with Gasteiger partial charge in [-0.3, -0.25) is 9.59 Å². The molecule has 0 spiro atoms. The van der Waals surface area contributed by atoms with Crippen molar-refractivity contribution in [3.05, 3.63) is 34.9 Å². The van der Waals surface area contributed by atoms with Crippen LogP contribution in [0.4, 0.5) is 4.79 Å². The van der Waals surface area contributed by atoms with Crippen LogP contribution in [0.2, 0.25) is 5.02 Å². The highest BCUT2D eigenvalue weighted by Crippen LogP contribution is 2.29. The van der Waals surface area contributed by atoms with E-state index in [1.165, 1.54) is 0 Å². The van der Waals surface area contributed by atoms with Crippen LogP contribution in [-0.4, -0.2) is 28.9 Å². The number of hydrogen-bond acceptors (Lipinski definition) is 4. The predicted molar refractivity (Wildman–Crippen MR) is 80.3 cm³/mol. The van der Waals surface area contributed by atoms with Crippen molar-refractivity contribution < 1.29 is 24.2 Å². The Bertz CT molecular complexity index is 566. The van der Waals surface area contributed by atoms with Crippen molar-refractivity contribution in [3.63, 3.8) is 0 Å². The van der Waals surface area contributed by atoms with Crippen LogP contribution in [0.3, 0.4) is 0 Å². The zero-order chi connectivity index (χ0) is 16.1. The first-order valence-electron chi connectivity index (χ1n) is 7.18. The second-order valence-electron chi connectivity index (χ2n) is 5.39. The van der Waals surface area contributed by atoms with Gasteiger partial charge >= 0.3 is 6.16 Å². The molecule has 0 aromatic heterocycles. The Kier molecular flexibility index (Phi) is 5.55. The summed E-state index contributed by atoms with van der Waals surface area (Å²) in [5.74, 6) is -1.08. The van der Waals surface area contributed by atoms with Gasteiger partial charge in [0.1, 0.15) is 11.9 Å². The molecule has 2 atom stereocenters. The molecule has 0 unspecified atom stereocenters. The molecule has 0 aliphatic heterocycles. The van der Waals surface area contributed by atoms with Crippen LogP contribution in [0.5, 0.6) is 0 Å². The Hall–Kier alpha value is -1.88. The average molecular weight is 325 g/mol. The molecule has 1 aromatic rings. The molecule has 6 heteroatoms. The van der Waals surface area contributed by atoms with Gasteiger partial charge in [-0.15, -0.1) is 0 Å². The number of Topliss-reactive ketones (excluding diaryl/α,β-unsaturated/α-hetero) is 2. The molecule has 0 heterocycles. The molecule has 1 aliphatic carbocycles. The highest BCUT2D eigenvalue weighted by atomic mass is 35.5. The first-order chi connectivity index (χ1) is 10.5. The molecule has 1 fully saturated rings. The van der Waals surface area contributed by atoms with E-state index in [1.54, 1.807) is 24.3 Å². The van der Waals surface area contributed by atoms with Crippen molar-refractivity contribution in [2.24, 2.45) is 5.92 Å². The van der Waals surface area contributed by atoms with E-state index in [9.17, 15) is 14.4 Å². The zero-order valence-electron chi connectivity index (χ0n) is 12.0. The number of hydrogen-bond donors (Lipinski definition) is 1. The largest absolute Gasteiger partial charge is 0.506 e. The van der Waals surface area contributed by atoms with Crippen molar-refractivity contribution in [1.82, 2.24) is 0 Å². The number of carboxylic acid groups (broad SMARTS) is 1. The number of rotatable bonds is 5. The van der Waals surface area contributed by atoms with E-state index in [4.69, 9.17) is 21.4 Å². The van der Waals surface area contributed by atoms with Crippen LogP contribution in [0.15, 0.2) is 24.3 Å². The molecule has 1 aliphatic rings. The lowest BCUT2D eigenvalue weighted by atomic mass is 9.81. The van der Waals surface area contributed by atoms with Gasteiger partial charge in [0, 0.05) is 10.6 Å². The summed E-state index contributed by atoms with van der Waals surface area (Å²) in [4.78, 5) is 35.1. The normalized spacial score (nSPS) is 21.1. The molecule has 1 aromatic carbocycles. The molecular weight excluding hydrogens is 308 g/mol. The van der Waals surface area contributed by atoms with Crippen molar-refractivity contribution in [2.45, 2.75) is 38.2 Å². The van der Waals surface area contributed by atoms with Gasteiger partial charge in [0.2, 0.25) is 0 Å². The SMILES string of the molecule is O=C(O)O[C@H]1CCCC[C@H]1C(=O)CC(=O)c1ccc(Cl)cc1. The van der Waals surface area contributed by atoms with E-state index in [1.807, 2.05) is 0 Å². The molecule has 2 rings (SSSR count). The lowest BCUT2D eigenvalue weighted by Crippen LogP contribution is -2.35. The Labute approximate surface area is 133 Å². The molecular formula is C16H17ClO5. The Morgan fingerprint density at radius 2 is 1.77 bits per heavy atom. The van der Waals surface area contributed by atoms with Crippen LogP contribution in [0, 0.1) is 5.92 Å². The summed E-state index contributed by atoms with van der Waals surface area (Å²) >= 11 is 5.76. The molecule has 0 bridgehead atoms. The second-order valence-corrected chi connectivity index (χ2v) is 5.82. The number of carbonyl (C=O) groups excluding carboxylic acids is 2. The fraction of sp³-hybridized carbons (Fsp3) is 0.438. The maximum absolute atomic E-state index is 12.3. The van der Waals surface area contributed by atoms with Crippen LogP contribution >= 0.6 is 11.6 Å². The summed E-state index contributed by atoms with van der Waals surface area (Å²) in [5, 5.41) is 9.26. The third kappa shape index (κ3) is 4.31. The number of halogens is 1. The van der Waals surface area contributed by atoms with Crippen molar-refractivity contribution in [3.8, 4) is 0 Å². The van der Waals surface area contributed by atoms with Crippen molar-refractivity contribution >= 4 is 29.3 Å². The first kappa shape index (κ1) is 16.5. The predicted octanol–water partition coefficient (Wildman–Crippen LogP) is 3.74. The Morgan fingerprint density at radius 3 is 2.41 bits per heavy atom. The molecule has 1 saturated carbocycles. The van der Waals surface area contributed by atoms with Crippen LogP contribution in [0.25, 0.3) is 0 Å². The lowest BCUT2D eigenvalue weighted by molar-refractivity contribution is -0.127. The van der Waals surface area contributed by atoms with Crippen molar-refractivity contribution in [2.75, 3.05) is 0 Å². The standard InChI is InChI=1S/C16H17ClO5/c17-11-7-5-10(6-8-11)13(18)9-14(19)12-3-1-2-4-15(12)22-16(20)21/h5-8,12,15H,1-4,9H2,(H,20,21)/t12-,15-/m0/s1. The Morgan fingerprint density at radius 1 is 1.14 bits per heavy atom. The van der Waals surface area contributed by atoms with Gasteiger partial charge in [-0.25, -0.2) is 4.79 Å². The van der Waals surface area contributed by atoms with Gasteiger partial charge in [0.15, 0.2) is 5.78 Å². The van der Waals surface area contributed by atoms with E-state index in [0.29, 0.717) is 23.4 Å². The summed E-state index contributed by atoms with van der Waals surface area (Å²) in [6, 6.07) is 6.33. The van der Waals surface area contributed by atoms with Crippen molar-refractivity contribution in [1.29, 1.82) is 0 Å². The van der Waals surface area contributed by atoms with Gasteiger partial charge in [0.25, 0.3) is 0 Å². The van der Waals surface area contributed by atoms with E-state index >= 15 is 0 Å². The fourth-order valence-corrected chi connectivity index (χ4v) is 2.89. The number of carbonyl (C=O) groups is 3. The van der Waals surface area contributed by atoms with E-state index in [0.717, 1.165) is 12.8 Å². The third-order valence-electron chi connectivity index (χ3n) is 3.87. The minimum atomic E-state index is -1.38. The minimum Gasteiger partial charge on any atom is -0.450 e.